The Labute approximate surface area is 142 Å². The third kappa shape index (κ3) is 2.58. The fraction of sp³-hybridized carbons (Fsp3) is 0.353. The second-order valence-electron chi connectivity index (χ2n) is 6.43. The molecule has 2 aromatic rings. The molecular weight excluding hydrogens is 327 g/mol. The molecule has 3 heterocycles. The number of hydrogen-bond acceptors (Lipinski definition) is 5. The smallest absolute Gasteiger partial charge is 0.341 e. The van der Waals surface area contributed by atoms with Crippen molar-refractivity contribution in [3.63, 3.8) is 0 Å². The molecule has 1 saturated heterocycles. The topological polar surface area (TPSA) is 101 Å². The minimum absolute atomic E-state index is 0.00583. The zero-order valence-corrected chi connectivity index (χ0v) is 13.4. The van der Waals surface area contributed by atoms with Gasteiger partial charge >= 0.3 is 5.97 Å². The lowest BCUT2D eigenvalue weighted by Gasteiger charge is -2.35. The third-order valence-corrected chi connectivity index (χ3v) is 4.60. The quantitative estimate of drug-likeness (QED) is 0.810. The molecule has 1 saturated carbocycles. The summed E-state index contributed by atoms with van der Waals surface area (Å²) in [6.45, 7) is 1.54. The number of anilines is 1. The van der Waals surface area contributed by atoms with E-state index in [1.165, 1.54) is 6.20 Å². The van der Waals surface area contributed by atoms with Gasteiger partial charge in [-0.15, -0.1) is 0 Å². The number of rotatable bonds is 4. The SMILES string of the molecule is NCC=C1CN(c2nc3c(cc2F)c(=O)c(C(=O)O)cn3C2CC2)C1. The highest BCUT2D eigenvalue weighted by Gasteiger charge is 2.30. The molecule has 0 spiro atoms. The van der Waals surface area contributed by atoms with Gasteiger partial charge in [0, 0.05) is 31.9 Å². The Morgan fingerprint density at radius 1 is 1.44 bits per heavy atom. The van der Waals surface area contributed by atoms with Crippen molar-refractivity contribution in [1.82, 2.24) is 9.55 Å². The van der Waals surface area contributed by atoms with E-state index in [9.17, 15) is 19.1 Å². The number of aromatic carboxylic acids is 1. The Morgan fingerprint density at radius 2 is 2.16 bits per heavy atom. The maximum atomic E-state index is 14.5. The van der Waals surface area contributed by atoms with E-state index in [0.29, 0.717) is 25.3 Å². The van der Waals surface area contributed by atoms with Gasteiger partial charge in [0.25, 0.3) is 0 Å². The van der Waals surface area contributed by atoms with Gasteiger partial charge < -0.3 is 20.3 Å². The Kier molecular flexibility index (Phi) is 3.57. The normalized spacial score (nSPS) is 16.9. The van der Waals surface area contributed by atoms with Crippen molar-refractivity contribution in [2.45, 2.75) is 18.9 Å². The van der Waals surface area contributed by atoms with Crippen molar-refractivity contribution in [3.05, 3.63) is 45.5 Å². The monoisotopic (exact) mass is 344 g/mol. The largest absolute Gasteiger partial charge is 0.477 e. The fourth-order valence-electron chi connectivity index (χ4n) is 3.13. The maximum absolute atomic E-state index is 14.5. The number of hydrogen-bond donors (Lipinski definition) is 2. The van der Waals surface area contributed by atoms with Crippen LogP contribution in [0.25, 0.3) is 11.0 Å². The predicted octanol–water partition coefficient (Wildman–Crippen LogP) is 1.27. The summed E-state index contributed by atoms with van der Waals surface area (Å²) in [4.78, 5) is 29.8. The predicted molar refractivity (Wildman–Crippen MR) is 90.5 cm³/mol. The summed E-state index contributed by atoms with van der Waals surface area (Å²) in [7, 11) is 0. The second-order valence-corrected chi connectivity index (χ2v) is 6.43. The van der Waals surface area contributed by atoms with Crippen molar-refractivity contribution in [1.29, 1.82) is 0 Å². The molecule has 2 fully saturated rings. The number of carboxylic acids is 1. The first kappa shape index (κ1) is 15.8. The van der Waals surface area contributed by atoms with E-state index < -0.39 is 17.2 Å². The van der Waals surface area contributed by atoms with E-state index in [1.54, 1.807) is 9.47 Å². The van der Waals surface area contributed by atoms with Gasteiger partial charge in [-0.3, -0.25) is 4.79 Å². The Balaban J connectivity index is 1.86. The molecule has 130 valence electrons. The minimum atomic E-state index is -1.31. The highest BCUT2D eigenvalue weighted by molar-refractivity contribution is 5.92. The van der Waals surface area contributed by atoms with E-state index in [-0.39, 0.29) is 22.8 Å². The molecule has 0 unspecified atom stereocenters. The average molecular weight is 344 g/mol. The third-order valence-electron chi connectivity index (χ3n) is 4.60. The lowest BCUT2D eigenvalue weighted by molar-refractivity contribution is 0.0695. The van der Waals surface area contributed by atoms with E-state index in [4.69, 9.17) is 5.73 Å². The van der Waals surface area contributed by atoms with Crippen LogP contribution in [0.1, 0.15) is 29.2 Å². The van der Waals surface area contributed by atoms with Crippen LogP contribution in [-0.4, -0.2) is 40.3 Å². The van der Waals surface area contributed by atoms with Crippen LogP contribution in [0.4, 0.5) is 10.2 Å². The maximum Gasteiger partial charge on any atom is 0.341 e. The van der Waals surface area contributed by atoms with Crippen LogP contribution in [0.5, 0.6) is 0 Å². The number of halogens is 1. The Morgan fingerprint density at radius 3 is 2.76 bits per heavy atom. The van der Waals surface area contributed by atoms with Crippen LogP contribution in [0.2, 0.25) is 0 Å². The number of nitrogens with two attached hydrogens (primary N) is 1. The van der Waals surface area contributed by atoms with Gasteiger partial charge in [-0.2, -0.15) is 0 Å². The van der Waals surface area contributed by atoms with Gasteiger partial charge in [0.2, 0.25) is 5.43 Å². The summed E-state index contributed by atoms with van der Waals surface area (Å²) in [5, 5.41) is 9.24. The molecule has 8 heteroatoms. The van der Waals surface area contributed by atoms with E-state index in [2.05, 4.69) is 4.98 Å². The van der Waals surface area contributed by atoms with E-state index >= 15 is 0 Å². The summed E-state index contributed by atoms with van der Waals surface area (Å²) in [5.41, 5.74) is 5.87. The lowest BCUT2D eigenvalue weighted by atomic mass is 10.1. The van der Waals surface area contributed by atoms with Crippen LogP contribution in [0, 0.1) is 5.82 Å². The number of carbonyl (C=O) groups is 1. The average Bonchev–Trinajstić information content (AvgIpc) is 3.36. The molecule has 0 aromatic carbocycles. The molecule has 2 aromatic heterocycles. The van der Waals surface area contributed by atoms with Gasteiger partial charge in [-0.1, -0.05) is 6.08 Å². The summed E-state index contributed by atoms with van der Waals surface area (Å²) in [5.74, 6) is -1.76. The van der Waals surface area contributed by atoms with Crippen LogP contribution in [0.15, 0.2) is 28.7 Å². The van der Waals surface area contributed by atoms with E-state index in [1.807, 2.05) is 6.08 Å². The number of fused-ring (bicyclic) bond motifs is 1. The number of pyridine rings is 2. The van der Waals surface area contributed by atoms with Crippen LogP contribution in [0.3, 0.4) is 0 Å². The van der Waals surface area contributed by atoms with Crippen molar-refractivity contribution < 1.29 is 14.3 Å². The van der Waals surface area contributed by atoms with Crippen molar-refractivity contribution in [3.8, 4) is 0 Å². The fourth-order valence-corrected chi connectivity index (χ4v) is 3.13. The first-order valence-electron chi connectivity index (χ1n) is 8.11. The molecule has 0 amide bonds. The minimum Gasteiger partial charge on any atom is -0.477 e. The highest BCUT2D eigenvalue weighted by atomic mass is 19.1. The number of aromatic nitrogens is 2. The second kappa shape index (κ2) is 5.66. The summed E-state index contributed by atoms with van der Waals surface area (Å²) in [6, 6.07) is 1.21. The summed E-state index contributed by atoms with van der Waals surface area (Å²) in [6.07, 6.45) is 5.00. The number of nitrogens with zero attached hydrogens (tertiary/aromatic N) is 3. The standard InChI is InChI=1S/C17H17FN4O3/c18-13-5-11-14(23)12(17(24)25)8-22(10-1-2-10)15(11)20-16(13)21-6-9(7-21)3-4-19/h3,5,8,10H,1-2,4,6-7,19H2,(H,24,25). The Bertz CT molecular complexity index is 970. The molecule has 0 atom stereocenters. The van der Waals surface area contributed by atoms with Gasteiger partial charge in [0.1, 0.15) is 11.2 Å². The zero-order valence-electron chi connectivity index (χ0n) is 13.4. The van der Waals surface area contributed by atoms with Gasteiger partial charge in [-0.25, -0.2) is 14.2 Å². The molecule has 0 bridgehead atoms. The van der Waals surface area contributed by atoms with Crippen molar-refractivity contribution >= 4 is 22.8 Å². The van der Waals surface area contributed by atoms with Crippen LogP contribution in [-0.2, 0) is 0 Å². The zero-order chi connectivity index (χ0) is 17.7. The molecule has 3 N–H and O–H groups in total. The van der Waals surface area contributed by atoms with Gasteiger partial charge in [-0.05, 0) is 24.5 Å². The van der Waals surface area contributed by atoms with Crippen LogP contribution < -0.4 is 16.1 Å². The van der Waals surface area contributed by atoms with Crippen molar-refractivity contribution in [2.24, 2.45) is 5.73 Å². The van der Waals surface area contributed by atoms with Gasteiger partial charge in [0.05, 0.1) is 5.39 Å². The molecule has 2 aliphatic rings. The van der Waals surface area contributed by atoms with Gasteiger partial charge in [0.15, 0.2) is 11.6 Å². The summed E-state index contributed by atoms with van der Waals surface area (Å²) >= 11 is 0. The first-order valence-corrected chi connectivity index (χ1v) is 8.11. The number of carboxylic acid groups (broad SMARTS) is 1. The Hall–Kier alpha value is -2.74. The first-order chi connectivity index (χ1) is 12.0. The van der Waals surface area contributed by atoms with Crippen LogP contribution >= 0.6 is 0 Å². The molecule has 1 aliphatic carbocycles. The molecular formula is C17H17FN4O3. The highest BCUT2D eigenvalue weighted by Crippen LogP contribution is 2.37. The van der Waals surface area contributed by atoms with E-state index in [0.717, 1.165) is 24.5 Å². The molecule has 25 heavy (non-hydrogen) atoms. The van der Waals surface area contributed by atoms with Crippen molar-refractivity contribution in [2.75, 3.05) is 24.5 Å². The summed E-state index contributed by atoms with van der Waals surface area (Å²) < 4.78 is 16.2. The molecule has 7 nitrogen and oxygen atoms in total. The molecule has 4 rings (SSSR count). The molecule has 1 aliphatic heterocycles. The molecule has 0 radical (unpaired) electrons. The lowest BCUT2D eigenvalue weighted by Crippen LogP contribution is -2.41.